The molecule has 0 aliphatic carbocycles. The number of unbranched alkanes of at least 4 members (excludes halogenated alkanes) is 1. The molecule has 0 aliphatic heterocycles. The second-order valence-corrected chi connectivity index (χ2v) is 3.45. The van der Waals surface area contributed by atoms with Gasteiger partial charge in [0.05, 0.1) is 0 Å². The topological polar surface area (TPSA) is 0 Å². The Hall–Kier alpha value is 0.730. The monoisotopic (exact) mass is 240 g/mol. The molecule has 0 radical (unpaired) electrons. The van der Waals surface area contributed by atoms with Gasteiger partial charge in [0.15, 0.2) is 0 Å². The van der Waals surface area contributed by atoms with Crippen LogP contribution in [0.3, 0.4) is 0 Å². The van der Waals surface area contributed by atoms with Crippen LogP contribution in [0.4, 0.5) is 0 Å². The quantitative estimate of drug-likeness (QED) is 0.508. The lowest BCUT2D eigenvalue weighted by molar-refractivity contribution is 0.505. The molecule has 0 rings (SSSR count). The Morgan fingerprint density at radius 3 is 2.33 bits per heavy atom. The maximum atomic E-state index is 2.49. The van der Waals surface area contributed by atoms with E-state index in [2.05, 4.69) is 36.4 Å². The third-order valence-electron chi connectivity index (χ3n) is 1.76. The fraction of sp³-hybridized carbons (Fsp3) is 1.00. The summed E-state index contributed by atoms with van der Waals surface area (Å²) >= 11 is 2.49. The van der Waals surface area contributed by atoms with Crippen LogP contribution in [-0.2, 0) is 0 Å². The number of halogens is 1. The van der Waals surface area contributed by atoms with Crippen LogP contribution >= 0.6 is 22.6 Å². The second kappa shape index (κ2) is 6.84. The van der Waals surface area contributed by atoms with Gasteiger partial charge in [0, 0.05) is 4.43 Å². The molecule has 0 aromatic rings. The van der Waals surface area contributed by atoms with Gasteiger partial charge >= 0.3 is 0 Å². The molecule has 0 nitrogen and oxygen atoms in total. The van der Waals surface area contributed by atoms with Gasteiger partial charge < -0.3 is 0 Å². The third-order valence-corrected chi connectivity index (χ3v) is 3.01. The first-order valence-electron chi connectivity index (χ1n) is 3.91. The Morgan fingerprint density at radius 1 is 1.33 bits per heavy atom. The maximum Gasteiger partial charge on any atom is 0.00236 e. The molecule has 0 bridgehead atoms. The summed E-state index contributed by atoms with van der Waals surface area (Å²) in [5.74, 6) is 0.991. The molecule has 9 heavy (non-hydrogen) atoms. The number of alkyl halides is 1. The van der Waals surface area contributed by atoms with Crippen LogP contribution < -0.4 is 0 Å². The van der Waals surface area contributed by atoms with Crippen LogP contribution in [0, 0.1) is 5.92 Å². The highest BCUT2D eigenvalue weighted by molar-refractivity contribution is 14.1. The first-order valence-corrected chi connectivity index (χ1v) is 5.43. The maximum absolute atomic E-state index is 2.49. The van der Waals surface area contributed by atoms with E-state index in [1.54, 1.807) is 0 Å². The normalized spacial score (nSPS) is 13.7. The van der Waals surface area contributed by atoms with Crippen LogP contribution in [-0.4, -0.2) is 4.43 Å². The van der Waals surface area contributed by atoms with E-state index in [9.17, 15) is 0 Å². The highest BCUT2D eigenvalue weighted by Crippen LogP contribution is 2.14. The highest BCUT2D eigenvalue weighted by Gasteiger charge is 2.01. The van der Waals surface area contributed by atoms with Crippen molar-refractivity contribution in [1.82, 2.24) is 0 Å². The van der Waals surface area contributed by atoms with Gasteiger partial charge in [-0.2, -0.15) is 0 Å². The Labute approximate surface area is 72.6 Å². The first kappa shape index (κ1) is 9.73. The molecule has 1 atom stereocenters. The molecule has 1 heteroatoms. The van der Waals surface area contributed by atoms with Gasteiger partial charge in [-0.3, -0.25) is 0 Å². The van der Waals surface area contributed by atoms with Crippen molar-refractivity contribution in [2.24, 2.45) is 5.92 Å². The van der Waals surface area contributed by atoms with Gasteiger partial charge in [-0.1, -0.05) is 55.7 Å². The van der Waals surface area contributed by atoms with E-state index in [1.165, 1.54) is 30.1 Å². The highest BCUT2D eigenvalue weighted by atomic mass is 127. The summed E-state index contributed by atoms with van der Waals surface area (Å²) in [5.41, 5.74) is 0. The Balaban J connectivity index is 3.09. The molecule has 0 saturated heterocycles. The van der Waals surface area contributed by atoms with Crippen LogP contribution in [0.2, 0.25) is 0 Å². The lowest BCUT2D eigenvalue weighted by Gasteiger charge is -2.08. The molecular formula is C8H17I. The SMILES string of the molecule is CCCC[C@H](CC)CI. The summed E-state index contributed by atoms with van der Waals surface area (Å²) in [6, 6.07) is 0. The average Bonchev–Trinajstić information content (AvgIpc) is 1.91. The van der Waals surface area contributed by atoms with E-state index in [1.807, 2.05) is 0 Å². The minimum absolute atomic E-state index is 0.991. The molecular weight excluding hydrogens is 223 g/mol. The Morgan fingerprint density at radius 2 is 2.00 bits per heavy atom. The molecule has 0 fully saturated rings. The van der Waals surface area contributed by atoms with Crippen molar-refractivity contribution < 1.29 is 0 Å². The van der Waals surface area contributed by atoms with E-state index in [0.717, 1.165) is 5.92 Å². The van der Waals surface area contributed by atoms with Crippen molar-refractivity contribution >= 4 is 22.6 Å². The summed E-state index contributed by atoms with van der Waals surface area (Å²) in [7, 11) is 0. The molecule has 0 amide bonds. The van der Waals surface area contributed by atoms with Crippen LogP contribution in [0.1, 0.15) is 39.5 Å². The Kier molecular flexibility index (Phi) is 7.40. The van der Waals surface area contributed by atoms with E-state index in [0.29, 0.717) is 0 Å². The van der Waals surface area contributed by atoms with Crippen LogP contribution in [0.15, 0.2) is 0 Å². The number of rotatable bonds is 5. The lowest BCUT2D eigenvalue weighted by Crippen LogP contribution is -1.98. The number of hydrogen-bond acceptors (Lipinski definition) is 0. The molecule has 0 heterocycles. The van der Waals surface area contributed by atoms with Crippen molar-refractivity contribution in [1.29, 1.82) is 0 Å². The largest absolute Gasteiger partial charge is 0.0861 e. The van der Waals surface area contributed by atoms with Gasteiger partial charge in [0.25, 0.3) is 0 Å². The zero-order valence-corrected chi connectivity index (χ0v) is 8.65. The zero-order chi connectivity index (χ0) is 7.11. The standard InChI is InChI=1S/C8H17I/c1-3-5-6-8(4-2)7-9/h8H,3-7H2,1-2H3/t8-/m0/s1. The van der Waals surface area contributed by atoms with Crippen molar-refractivity contribution in [3.05, 3.63) is 0 Å². The summed E-state index contributed by atoms with van der Waals surface area (Å²) in [5, 5.41) is 0. The molecule has 0 unspecified atom stereocenters. The summed E-state index contributed by atoms with van der Waals surface area (Å²) in [4.78, 5) is 0. The summed E-state index contributed by atoms with van der Waals surface area (Å²) in [6.07, 6.45) is 5.58. The minimum atomic E-state index is 0.991. The van der Waals surface area contributed by atoms with E-state index >= 15 is 0 Å². The van der Waals surface area contributed by atoms with E-state index < -0.39 is 0 Å². The smallest absolute Gasteiger partial charge is 0.00236 e. The summed E-state index contributed by atoms with van der Waals surface area (Å²) in [6.45, 7) is 4.55. The Bertz CT molecular complexity index is 48.5. The average molecular weight is 240 g/mol. The van der Waals surface area contributed by atoms with Gasteiger partial charge in [0.1, 0.15) is 0 Å². The fourth-order valence-electron chi connectivity index (χ4n) is 0.883. The van der Waals surface area contributed by atoms with E-state index in [4.69, 9.17) is 0 Å². The van der Waals surface area contributed by atoms with Gasteiger partial charge in [-0.25, -0.2) is 0 Å². The zero-order valence-electron chi connectivity index (χ0n) is 6.49. The molecule has 0 N–H and O–H groups in total. The molecule has 56 valence electrons. The van der Waals surface area contributed by atoms with Crippen molar-refractivity contribution in [2.45, 2.75) is 39.5 Å². The third kappa shape index (κ3) is 5.19. The molecule has 0 aromatic carbocycles. The lowest BCUT2D eigenvalue weighted by atomic mass is 10.0. The van der Waals surface area contributed by atoms with Gasteiger partial charge in [-0.05, 0) is 12.3 Å². The predicted molar refractivity (Wildman–Crippen MR) is 52.2 cm³/mol. The fourth-order valence-corrected chi connectivity index (χ4v) is 1.95. The first-order chi connectivity index (χ1) is 4.35. The summed E-state index contributed by atoms with van der Waals surface area (Å²) < 4.78 is 1.34. The van der Waals surface area contributed by atoms with Gasteiger partial charge in [0.2, 0.25) is 0 Å². The minimum Gasteiger partial charge on any atom is -0.0861 e. The molecule has 0 saturated carbocycles. The molecule has 0 spiro atoms. The number of hydrogen-bond donors (Lipinski definition) is 0. The van der Waals surface area contributed by atoms with Crippen LogP contribution in [0.5, 0.6) is 0 Å². The predicted octanol–water partition coefficient (Wildman–Crippen LogP) is 3.64. The van der Waals surface area contributed by atoms with Gasteiger partial charge in [-0.15, -0.1) is 0 Å². The van der Waals surface area contributed by atoms with Crippen molar-refractivity contribution in [3.8, 4) is 0 Å². The molecule has 0 aromatic heterocycles. The van der Waals surface area contributed by atoms with Crippen molar-refractivity contribution in [2.75, 3.05) is 4.43 Å². The van der Waals surface area contributed by atoms with Crippen molar-refractivity contribution in [3.63, 3.8) is 0 Å². The second-order valence-electron chi connectivity index (χ2n) is 2.57. The molecule has 0 aliphatic rings. The van der Waals surface area contributed by atoms with E-state index in [-0.39, 0.29) is 0 Å². The van der Waals surface area contributed by atoms with Crippen LogP contribution in [0.25, 0.3) is 0 Å².